The van der Waals surface area contributed by atoms with Gasteiger partial charge in [0, 0.05) is 11.3 Å². The Labute approximate surface area is 93.7 Å². The molecule has 0 fully saturated rings. The summed E-state index contributed by atoms with van der Waals surface area (Å²) in [6.45, 7) is 1.30. The summed E-state index contributed by atoms with van der Waals surface area (Å²) in [5.74, 6) is 0. The highest BCUT2D eigenvalue weighted by Gasteiger charge is 2.39. The number of halogens is 5. The molecule has 0 N–H and O–H groups in total. The van der Waals surface area contributed by atoms with Gasteiger partial charge in [0.05, 0.1) is 23.7 Å². The van der Waals surface area contributed by atoms with E-state index in [1.807, 2.05) is 0 Å². The highest BCUT2D eigenvalue weighted by atomic mass is 19.4. The van der Waals surface area contributed by atoms with Crippen molar-refractivity contribution in [1.29, 1.82) is 5.26 Å². The van der Waals surface area contributed by atoms with Gasteiger partial charge in [0.25, 0.3) is 6.43 Å². The number of alkyl halides is 5. The topological polar surface area (TPSA) is 36.7 Å². The molecule has 0 aromatic carbocycles. The second-order valence-electron chi connectivity index (χ2n) is 3.31. The van der Waals surface area contributed by atoms with Crippen LogP contribution in [0.5, 0.6) is 0 Å². The number of aromatic nitrogens is 1. The van der Waals surface area contributed by atoms with Crippen molar-refractivity contribution in [3.8, 4) is 6.07 Å². The number of nitrogens with zero attached hydrogens (tertiary/aromatic N) is 2. The van der Waals surface area contributed by atoms with E-state index in [1.54, 1.807) is 0 Å². The number of aryl methyl sites for hydroxylation is 1. The molecule has 1 rings (SSSR count). The zero-order chi connectivity index (χ0) is 13.2. The van der Waals surface area contributed by atoms with Crippen LogP contribution in [-0.4, -0.2) is 4.98 Å². The van der Waals surface area contributed by atoms with Gasteiger partial charge in [-0.05, 0) is 13.0 Å². The van der Waals surface area contributed by atoms with Gasteiger partial charge in [-0.2, -0.15) is 18.4 Å². The molecular formula is C10H7F5N2. The Morgan fingerprint density at radius 1 is 1.41 bits per heavy atom. The molecule has 0 aliphatic carbocycles. The third kappa shape index (κ3) is 2.90. The molecule has 0 saturated carbocycles. The van der Waals surface area contributed by atoms with Crippen LogP contribution in [0.3, 0.4) is 0 Å². The zero-order valence-electron chi connectivity index (χ0n) is 8.65. The lowest BCUT2D eigenvalue weighted by Crippen LogP contribution is -2.15. The molecule has 0 atom stereocenters. The van der Waals surface area contributed by atoms with E-state index in [2.05, 4.69) is 4.98 Å². The molecule has 2 nitrogen and oxygen atoms in total. The minimum absolute atomic E-state index is 0.0264. The van der Waals surface area contributed by atoms with Crippen molar-refractivity contribution in [2.45, 2.75) is 25.9 Å². The molecule has 7 heteroatoms. The Balaban J connectivity index is 3.54. The predicted octanol–water partition coefficient (Wildman–Crippen LogP) is 3.41. The fraction of sp³-hybridized carbons (Fsp3) is 0.400. The van der Waals surface area contributed by atoms with Crippen LogP contribution in [0.15, 0.2) is 6.07 Å². The lowest BCUT2D eigenvalue weighted by molar-refractivity contribution is -0.140. The van der Waals surface area contributed by atoms with E-state index in [0.29, 0.717) is 6.07 Å². The van der Waals surface area contributed by atoms with Crippen molar-refractivity contribution >= 4 is 0 Å². The summed E-state index contributed by atoms with van der Waals surface area (Å²) in [4.78, 5) is 3.50. The molecule has 0 radical (unpaired) electrons. The molecule has 92 valence electrons. The maximum Gasteiger partial charge on any atom is 0.418 e. The Morgan fingerprint density at radius 2 is 2.00 bits per heavy atom. The molecule has 0 spiro atoms. The van der Waals surface area contributed by atoms with Crippen LogP contribution in [0, 0.1) is 18.3 Å². The van der Waals surface area contributed by atoms with E-state index in [0.717, 1.165) is 0 Å². The monoisotopic (exact) mass is 250 g/mol. The van der Waals surface area contributed by atoms with Gasteiger partial charge in [-0.1, -0.05) is 0 Å². The maximum atomic E-state index is 12.6. The number of hydrogen-bond donors (Lipinski definition) is 0. The summed E-state index contributed by atoms with van der Waals surface area (Å²) in [6.07, 6.45) is -8.86. The van der Waals surface area contributed by atoms with Crippen molar-refractivity contribution in [2.75, 3.05) is 0 Å². The molecule has 0 unspecified atom stereocenters. The van der Waals surface area contributed by atoms with Gasteiger partial charge in [0.1, 0.15) is 0 Å². The average molecular weight is 250 g/mol. The molecule has 0 aliphatic heterocycles. The SMILES string of the molecule is Cc1cc(C(F)F)c(C(F)(F)F)c(CC#N)n1. The molecular weight excluding hydrogens is 243 g/mol. The first-order valence-electron chi connectivity index (χ1n) is 4.50. The Morgan fingerprint density at radius 3 is 2.41 bits per heavy atom. The fourth-order valence-electron chi connectivity index (χ4n) is 1.47. The summed E-state index contributed by atoms with van der Waals surface area (Å²) < 4.78 is 63.0. The van der Waals surface area contributed by atoms with Crippen LogP contribution >= 0.6 is 0 Å². The first-order chi connectivity index (χ1) is 7.77. The second-order valence-corrected chi connectivity index (χ2v) is 3.31. The lowest BCUT2D eigenvalue weighted by atomic mass is 10.0. The third-order valence-electron chi connectivity index (χ3n) is 2.02. The fourth-order valence-corrected chi connectivity index (χ4v) is 1.47. The second kappa shape index (κ2) is 4.65. The van der Waals surface area contributed by atoms with Crippen LogP contribution in [0.2, 0.25) is 0 Å². The van der Waals surface area contributed by atoms with E-state index in [9.17, 15) is 22.0 Å². The molecule has 17 heavy (non-hydrogen) atoms. The van der Waals surface area contributed by atoms with E-state index < -0.39 is 35.8 Å². The van der Waals surface area contributed by atoms with Crippen LogP contribution in [-0.2, 0) is 12.6 Å². The number of hydrogen-bond acceptors (Lipinski definition) is 2. The first-order valence-corrected chi connectivity index (χ1v) is 4.50. The summed E-state index contributed by atoms with van der Waals surface area (Å²) in [5.41, 5.74) is -3.26. The molecule has 1 heterocycles. The average Bonchev–Trinajstić information content (AvgIpc) is 2.14. The van der Waals surface area contributed by atoms with Crippen molar-refractivity contribution in [3.05, 3.63) is 28.6 Å². The van der Waals surface area contributed by atoms with Gasteiger partial charge in [-0.25, -0.2) is 8.78 Å². The van der Waals surface area contributed by atoms with E-state index in [-0.39, 0.29) is 5.69 Å². The number of rotatable bonds is 2. The molecule has 1 aromatic rings. The van der Waals surface area contributed by atoms with E-state index in [1.165, 1.54) is 13.0 Å². The van der Waals surface area contributed by atoms with Gasteiger partial charge < -0.3 is 0 Å². The Hall–Kier alpha value is -1.71. The Kier molecular flexibility index (Phi) is 3.66. The lowest BCUT2D eigenvalue weighted by Gasteiger charge is -2.16. The van der Waals surface area contributed by atoms with Crippen LogP contribution in [0.4, 0.5) is 22.0 Å². The standard InChI is InChI=1S/C10H7F5N2/c1-5-4-6(9(11)12)8(10(13,14)15)7(17-5)2-3-16/h4,9H,2H2,1H3. The van der Waals surface area contributed by atoms with Gasteiger partial charge in [-0.3, -0.25) is 4.98 Å². The summed E-state index contributed by atoms with van der Waals surface area (Å²) >= 11 is 0. The van der Waals surface area contributed by atoms with Gasteiger partial charge in [0.2, 0.25) is 0 Å². The first kappa shape index (κ1) is 13.4. The normalized spacial score (nSPS) is 11.6. The van der Waals surface area contributed by atoms with Crippen molar-refractivity contribution in [1.82, 2.24) is 4.98 Å². The predicted molar refractivity (Wildman–Crippen MR) is 48.3 cm³/mol. The van der Waals surface area contributed by atoms with E-state index >= 15 is 0 Å². The van der Waals surface area contributed by atoms with Crippen molar-refractivity contribution < 1.29 is 22.0 Å². The highest BCUT2D eigenvalue weighted by Crippen LogP contribution is 2.38. The largest absolute Gasteiger partial charge is 0.418 e. The molecule has 0 aliphatic rings. The van der Waals surface area contributed by atoms with E-state index in [4.69, 9.17) is 5.26 Å². The van der Waals surface area contributed by atoms with Crippen LogP contribution in [0.25, 0.3) is 0 Å². The quantitative estimate of drug-likeness (QED) is 0.754. The minimum Gasteiger partial charge on any atom is -0.256 e. The van der Waals surface area contributed by atoms with Gasteiger partial charge in [0.15, 0.2) is 0 Å². The smallest absolute Gasteiger partial charge is 0.256 e. The zero-order valence-corrected chi connectivity index (χ0v) is 8.65. The highest BCUT2D eigenvalue weighted by molar-refractivity contribution is 5.37. The Bertz CT molecular complexity index is 459. The van der Waals surface area contributed by atoms with Crippen LogP contribution < -0.4 is 0 Å². The summed E-state index contributed by atoms with van der Waals surface area (Å²) in [5, 5.41) is 8.39. The minimum atomic E-state index is -4.95. The van der Waals surface area contributed by atoms with Crippen molar-refractivity contribution in [3.63, 3.8) is 0 Å². The van der Waals surface area contributed by atoms with Crippen molar-refractivity contribution in [2.24, 2.45) is 0 Å². The van der Waals surface area contributed by atoms with Crippen LogP contribution in [0.1, 0.15) is 28.9 Å². The number of pyridine rings is 1. The maximum absolute atomic E-state index is 12.6. The molecule has 1 aromatic heterocycles. The third-order valence-corrected chi connectivity index (χ3v) is 2.02. The van der Waals surface area contributed by atoms with Gasteiger partial charge in [-0.15, -0.1) is 0 Å². The molecule has 0 amide bonds. The molecule has 0 bridgehead atoms. The summed E-state index contributed by atoms with van der Waals surface area (Å²) in [6, 6.07) is 2.17. The molecule has 0 saturated heterocycles. The summed E-state index contributed by atoms with van der Waals surface area (Å²) in [7, 11) is 0. The number of nitriles is 1. The van der Waals surface area contributed by atoms with Gasteiger partial charge >= 0.3 is 6.18 Å².